The number of nitrogens with one attached hydrogen (secondary N) is 1. The van der Waals surface area contributed by atoms with Gasteiger partial charge in [-0.15, -0.1) is 0 Å². The number of H-pyrrole nitrogens is 1. The van der Waals surface area contributed by atoms with Crippen LogP contribution in [0.3, 0.4) is 0 Å². The molecule has 2 aromatic carbocycles. The van der Waals surface area contributed by atoms with Gasteiger partial charge in [-0.25, -0.2) is 0 Å². The minimum atomic E-state index is -0.246. The fourth-order valence-corrected chi connectivity index (χ4v) is 4.36. The molecule has 0 aliphatic rings. The Labute approximate surface area is 193 Å². The molecule has 0 bridgehead atoms. The molecule has 32 heavy (non-hydrogen) atoms. The number of phenols is 1. The Hall–Kier alpha value is -2.73. The van der Waals surface area contributed by atoms with Gasteiger partial charge in [0.25, 0.3) is 0 Å². The van der Waals surface area contributed by atoms with Crippen molar-refractivity contribution in [3.8, 4) is 17.4 Å². The number of hydrogen-bond acceptors (Lipinski definition) is 5. The van der Waals surface area contributed by atoms with Gasteiger partial charge in [-0.05, 0) is 34.1 Å². The van der Waals surface area contributed by atoms with E-state index in [-0.39, 0.29) is 21.6 Å². The fraction of sp³-hybridized carbons (Fsp3) is 0.423. The van der Waals surface area contributed by atoms with Crippen LogP contribution in [0.25, 0.3) is 0 Å². The van der Waals surface area contributed by atoms with Crippen molar-refractivity contribution in [2.75, 3.05) is 6.61 Å². The number of aromatic amines is 1. The SMILES string of the molecule is CC(C)(C)c1cc(OCCc2ccc(Cc3sc(=O)[nH]c3O)cc2)cc(C(C)(C)C)c1O. The lowest BCUT2D eigenvalue weighted by molar-refractivity contribution is 0.318. The Morgan fingerprint density at radius 3 is 1.91 bits per heavy atom. The van der Waals surface area contributed by atoms with Crippen LogP contribution in [0.5, 0.6) is 17.4 Å². The lowest BCUT2D eigenvalue weighted by atomic mass is 9.79. The van der Waals surface area contributed by atoms with E-state index in [1.807, 2.05) is 36.4 Å². The van der Waals surface area contributed by atoms with Crippen molar-refractivity contribution in [3.63, 3.8) is 0 Å². The number of aromatic hydroxyl groups is 2. The Morgan fingerprint density at radius 2 is 1.44 bits per heavy atom. The zero-order valence-electron chi connectivity index (χ0n) is 19.7. The van der Waals surface area contributed by atoms with Gasteiger partial charge in [0, 0.05) is 24.0 Å². The quantitative estimate of drug-likeness (QED) is 0.448. The number of rotatable bonds is 6. The molecule has 0 amide bonds. The second kappa shape index (κ2) is 9.02. The molecule has 3 rings (SSSR count). The highest BCUT2D eigenvalue weighted by molar-refractivity contribution is 7.09. The summed E-state index contributed by atoms with van der Waals surface area (Å²) >= 11 is 1.03. The molecular formula is C26H33NO4S. The molecule has 0 fully saturated rings. The van der Waals surface area contributed by atoms with Gasteiger partial charge in [0.15, 0.2) is 0 Å². The minimum Gasteiger partial charge on any atom is -0.507 e. The molecule has 0 atom stereocenters. The summed E-state index contributed by atoms with van der Waals surface area (Å²) in [6.45, 7) is 13.1. The van der Waals surface area contributed by atoms with Crippen molar-refractivity contribution in [3.05, 3.63) is 73.2 Å². The van der Waals surface area contributed by atoms with Crippen LogP contribution in [0.15, 0.2) is 41.2 Å². The van der Waals surface area contributed by atoms with Gasteiger partial charge < -0.3 is 14.9 Å². The molecule has 0 saturated carbocycles. The van der Waals surface area contributed by atoms with Crippen LogP contribution in [-0.2, 0) is 23.7 Å². The summed E-state index contributed by atoms with van der Waals surface area (Å²) in [5.74, 6) is 1.08. The summed E-state index contributed by atoms with van der Waals surface area (Å²) < 4.78 is 6.10. The predicted molar refractivity (Wildman–Crippen MR) is 131 cm³/mol. The van der Waals surface area contributed by atoms with Gasteiger partial charge in [0.1, 0.15) is 11.5 Å². The van der Waals surface area contributed by atoms with Gasteiger partial charge >= 0.3 is 4.87 Å². The van der Waals surface area contributed by atoms with Gasteiger partial charge in [-0.3, -0.25) is 9.78 Å². The lowest BCUT2D eigenvalue weighted by Crippen LogP contribution is -2.17. The van der Waals surface area contributed by atoms with Crippen molar-refractivity contribution in [1.82, 2.24) is 4.98 Å². The average Bonchev–Trinajstić information content (AvgIpc) is 2.99. The fourth-order valence-electron chi connectivity index (χ4n) is 3.60. The zero-order chi connectivity index (χ0) is 23.7. The normalized spacial score (nSPS) is 12.2. The molecule has 0 aliphatic heterocycles. The van der Waals surface area contributed by atoms with Crippen LogP contribution in [-0.4, -0.2) is 21.8 Å². The molecule has 1 heterocycles. The number of benzene rings is 2. The van der Waals surface area contributed by atoms with Crippen LogP contribution < -0.4 is 9.61 Å². The molecular weight excluding hydrogens is 422 g/mol. The molecule has 172 valence electrons. The third-order valence-electron chi connectivity index (χ3n) is 5.45. The van der Waals surface area contributed by atoms with Gasteiger partial charge in [-0.2, -0.15) is 0 Å². The van der Waals surface area contributed by atoms with E-state index < -0.39 is 0 Å². The molecule has 3 N–H and O–H groups in total. The number of hydrogen-bond donors (Lipinski definition) is 3. The van der Waals surface area contributed by atoms with E-state index in [2.05, 4.69) is 46.5 Å². The van der Waals surface area contributed by atoms with Gasteiger partial charge in [0.2, 0.25) is 5.88 Å². The number of thiazole rings is 1. The minimum absolute atomic E-state index is 0.0457. The van der Waals surface area contributed by atoms with Crippen LogP contribution in [0, 0.1) is 0 Å². The third-order valence-corrected chi connectivity index (χ3v) is 6.32. The van der Waals surface area contributed by atoms with E-state index in [0.717, 1.165) is 45.8 Å². The number of phenolic OH excluding ortho intramolecular Hbond substituents is 1. The molecule has 0 saturated heterocycles. The van der Waals surface area contributed by atoms with Gasteiger partial charge in [-0.1, -0.05) is 77.1 Å². The van der Waals surface area contributed by atoms with Crippen LogP contribution in [0.2, 0.25) is 0 Å². The largest absolute Gasteiger partial charge is 0.507 e. The summed E-state index contributed by atoms with van der Waals surface area (Å²) in [7, 11) is 0. The molecule has 1 aromatic heterocycles. The average molecular weight is 456 g/mol. The molecule has 6 heteroatoms. The smallest absolute Gasteiger partial charge is 0.307 e. The van der Waals surface area contributed by atoms with E-state index >= 15 is 0 Å². The monoisotopic (exact) mass is 455 g/mol. The van der Waals surface area contributed by atoms with Crippen molar-refractivity contribution in [2.24, 2.45) is 0 Å². The maximum Gasteiger partial charge on any atom is 0.307 e. The van der Waals surface area contributed by atoms with E-state index in [9.17, 15) is 15.0 Å². The standard InChI is InChI=1S/C26H33NO4S/c1-25(2,3)19-14-18(15-20(22(19)28)26(4,5)6)31-12-11-16-7-9-17(10-8-16)13-21-23(29)27-24(30)32-21/h7-10,14-15,28-29H,11-13H2,1-6H3,(H,27,30). The molecule has 0 spiro atoms. The van der Waals surface area contributed by atoms with Crippen LogP contribution >= 0.6 is 11.3 Å². The van der Waals surface area contributed by atoms with E-state index in [4.69, 9.17) is 4.74 Å². The first kappa shape index (κ1) is 23.9. The first-order valence-electron chi connectivity index (χ1n) is 10.8. The Bertz CT molecular complexity index is 1090. The van der Waals surface area contributed by atoms with Crippen LogP contribution in [0.4, 0.5) is 0 Å². The second-order valence-electron chi connectivity index (χ2n) is 10.2. The summed E-state index contributed by atoms with van der Waals surface area (Å²) in [5.41, 5.74) is 3.57. The van der Waals surface area contributed by atoms with Crippen molar-refractivity contribution < 1.29 is 14.9 Å². The first-order chi connectivity index (χ1) is 14.8. The van der Waals surface area contributed by atoms with Crippen molar-refractivity contribution in [1.29, 1.82) is 0 Å². The maximum atomic E-state index is 11.3. The Balaban J connectivity index is 1.68. The Morgan fingerprint density at radius 1 is 0.906 bits per heavy atom. The summed E-state index contributed by atoms with van der Waals surface area (Å²) in [6.07, 6.45) is 1.27. The van der Waals surface area contributed by atoms with Crippen molar-refractivity contribution in [2.45, 2.75) is 65.2 Å². The zero-order valence-corrected chi connectivity index (χ0v) is 20.5. The predicted octanol–water partition coefficient (Wildman–Crippen LogP) is 5.65. The number of aromatic nitrogens is 1. The topological polar surface area (TPSA) is 82.6 Å². The highest BCUT2D eigenvalue weighted by atomic mass is 32.1. The first-order valence-corrected chi connectivity index (χ1v) is 11.7. The molecule has 0 radical (unpaired) electrons. The Kier molecular flexibility index (Phi) is 6.75. The van der Waals surface area contributed by atoms with Crippen LogP contribution in [0.1, 0.15) is 68.7 Å². The second-order valence-corrected chi connectivity index (χ2v) is 11.3. The summed E-state index contributed by atoms with van der Waals surface area (Å²) in [4.78, 5) is 14.1. The molecule has 5 nitrogen and oxygen atoms in total. The number of ether oxygens (including phenoxy) is 1. The molecule has 0 aliphatic carbocycles. The highest BCUT2D eigenvalue weighted by Crippen LogP contribution is 2.41. The summed E-state index contributed by atoms with van der Waals surface area (Å²) in [5, 5.41) is 20.6. The highest BCUT2D eigenvalue weighted by Gasteiger charge is 2.27. The molecule has 3 aromatic rings. The van der Waals surface area contributed by atoms with Crippen molar-refractivity contribution >= 4 is 11.3 Å². The van der Waals surface area contributed by atoms with Gasteiger partial charge in [0.05, 0.1) is 11.5 Å². The lowest BCUT2D eigenvalue weighted by Gasteiger charge is -2.28. The van der Waals surface area contributed by atoms with E-state index in [1.54, 1.807) is 0 Å². The third kappa shape index (κ3) is 5.74. The van der Waals surface area contributed by atoms with E-state index in [0.29, 0.717) is 23.7 Å². The van der Waals surface area contributed by atoms with E-state index in [1.165, 1.54) is 0 Å². The molecule has 0 unspecified atom stereocenters. The maximum absolute atomic E-state index is 11.3. The summed E-state index contributed by atoms with van der Waals surface area (Å²) in [6, 6.07) is 12.0.